The average molecular weight is 252 g/mol. The van der Waals surface area contributed by atoms with Crippen LogP contribution >= 0.6 is 15.9 Å². The summed E-state index contributed by atoms with van der Waals surface area (Å²) in [6.45, 7) is 0. The van der Waals surface area contributed by atoms with Gasteiger partial charge in [0.2, 0.25) is 0 Å². The minimum Gasteiger partial charge on any atom is -0.423 e. The second kappa shape index (κ2) is 4.96. The monoisotopic (exact) mass is 251 g/mol. The largest absolute Gasteiger partial charge is 0.489 e. The fourth-order valence-electron chi connectivity index (χ4n) is 1.04. The predicted octanol–water partition coefficient (Wildman–Crippen LogP) is 1.37. The molecule has 1 rings (SSSR count). The molecule has 0 spiro atoms. The normalized spacial score (nSPS) is 10.9. The SMILES string of the molecule is N#CC=C(B(O)O)c1cccc(Br)c1. The summed E-state index contributed by atoms with van der Waals surface area (Å²) < 4.78 is 0.819. The molecule has 14 heavy (non-hydrogen) atoms. The van der Waals surface area contributed by atoms with Crippen molar-refractivity contribution >= 4 is 28.5 Å². The molecule has 0 fully saturated rings. The van der Waals surface area contributed by atoms with Gasteiger partial charge in [0.15, 0.2) is 0 Å². The highest BCUT2D eigenvalue weighted by Gasteiger charge is 2.16. The van der Waals surface area contributed by atoms with Crippen molar-refractivity contribution in [1.82, 2.24) is 0 Å². The molecule has 0 aliphatic carbocycles. The lowest BCUT2D eigenvalue weighted by atomic mass is 9.75. The third-order valence-corrected chi connectivity index (χ3v) is 2.15. The summed E-state index contributed by atoms with van der Waals surface area (Å²) in [6, 6.07) is 8.76. The van der Waals surface area contributed by atoms with Gasteiger partial charge in [0, 0.05) is 10.5 Å². The van der Waals surface area contributed by atoms with Gasteiger partial charge < -0.3 is 10.0 Å². The van der Waals surface area contributed by atoms with E-state index in [0.717, 1.165) is 10.5 Å². The van der Waals surface area contributed by atoms with Gasteiger partial charge in [0.25, 0.3) is 0 Å². The molecular formula is C9H7BBrNO2. The van der Waals surface area contributed by atoms with Crippen LogP contribution in [0.2, 0.25) is 0 Å². The molecule has 0 aromatic heterocycles. The molecule has 0 unspecified atom stereocenters. The van der Waals surface area contributed by atoms with Gasteiger partial charge >= 0.3 is 7.12 Å². The van der Waals surface area contributed by atoms with Crippen LogP contribution in [0.5, 0.6) is 0 Å². The highest BCUT2D eigenvalue weighted by molar-refractivity contribution is 9.10. The van der Waals surface area contributed by atoms with Crippen LogP contribution in [0.3, 0.4) is 0 Å². The third-order valence-electron chi connectivity index (χ3n) is 1.66. The Balaban J connectivity index is 3.14. The number of hydrogen-bond donors (Lipinski definition) is 2. The maximum Gasteiger partial charge on any atom is 0.489 e. The minimum atomic E-state index is -1.64. The van der Waals surface area contributed by atoms with Crippen LogP contribution in [0.4, 0.5) is 0 Å². The van der Waals surface area contributed by atoms with Gasteiger partial charge in [0.1, 0.15) is 0 Å². The van der Waals surface area contributed by atoms with Crippen LogP contribution in [0.1, 0.15) is 5.56 Å². The van der Waals surface area contributed by atoms with E-state index in [1.54, 1.807) is 24.3 Å². The van der Waals surface area contributed by atoms with E-state index in [0.29, 0.717) is 5.56 Å². The maximum atomic E-state index is 9.01. The van der Waals surface area contributed by atoms with Crippen LogP contribution in [0.15, 0.2) is 34.8 Å². The summed E-state index contributed by atoms with van der Waals surface area (Å²) in [7, 11) is -1.64. The summed E-state index contributed by atoms with van der Waals surface area (Å²) in [4.78, 5) is 0. The highest BCUT2D eigenvalue weighted by atomic mass is 79.9. The molecule has 1 aromatic rings. The van der Waals surface area contributed by atoms with Gasteiger partial charge in [-0.25, -0.2) is 0 Å². The van der Waals surface area contributed by atoms with Gasteiger partial charge in [-0.3, -0.25) is 0 Å². The second-order valence-electron chi connectivity index (χ2n) is 2.61. The Morgan fingerprint density at radius 2 is 2.21 bits per heavy atom. The lowest BCUT2D eigenvalue weighted by molar-refractivity contribution is 0.427. The zero-order valence-electron chi connectivity index (χ0n) is 7.18. The topological polar surface area (TPSA) is 64.2 Å². The van der Waals surface area contributed by atoms with Crippen molar-refractivity contribution in [2.45, 2.75) is 0 Å². The Morgan fingerprint density at radius 3 is 2.71 bits per heavy atom. The lowest BCUT2D eigenvalue weighted by Crippen LogP contribution is -2.14. The summed E-state index contributed by atoms with van der Waals surface area (Å²) >= 11 is 3.26. The van der Waals surface area contributed by atoms with Crippen molar-refractivity contribution in [2.75, 3.05) is 0 Å². The van der Waals surface area contributed by atoms with Crippen LogP contribution in [-0.2, 0) is 0 Å². The lowest BCUT2D eigenvalue weighted by Gasteiger charge is -2.04. The summed E-state index contributed by atoms with van der Waals surface area (Å²) in [5.74, 6) is 0. The Labute approximate surface area is 90.6 Å². The van der Waals surface area contributed by atoms with Crippen molar-refractivity contribution < 1.29 is 10.0 Å². The molecule has 2 N–H and O–H groups in total. The van der Waals surface area contributed by atoms with Gasteiger partial charge in [-0.05, 0) is 23.2 Å². The van der Waals surface area contributed by atoms with Gasteiger partial charge in [0.05, 0.1) is 6.07 Å². The molecule has 0 heterocycles. The Bertz CT molecular complexity index is 398. The van der Waals surface area contributed by atoms with Crippen molar-refractivity contribution in [3.05, 3.63) is 40.4 Å². The molecule has 0 atom stereocenters. The van der Waals surface area contributed by atoms with Crippen LogP contribution in [0.25, 0.3) is 5.47 Å². The molecule has 70 valence electrons. The molecule has 1 aromatic carbocycles. The van der Waals surface area contributed by atoms with E-state index >= 15 is 0 Å². The Hall–Kier alpha value is -1.09. The van der Waals surface area contributed by atoms with Gasteiger partial charge in [-0.2, -0.15) is 5.26 Å². The van der Waals surface area contributed by atoms with Crippen molar-refractivity contribution in [1.29, 1.82) is 5.26 Å². The number of nitriles is 1. The predicted molar refractivity (Wildman–Crippen MR) is 57.9 cm³/mol. The van der Waals surface area contributed by atoms with Crippen molar-refractivity contribution in [3.63, 3.8) is 0 Å². The molecule has 5 heteroatoms. The quantitative estimate of drug-likeness (QED) is 0.617. The van der Waals surface area contributed by atoms with Crippen LogP contribution in [-0.4, -0.2) is 17.2 Å². The zero-order valence-corrected chi connectivity index (χ0v) is 8.77. The first-order chi connectivity index (χ1) is 6.65. The summed E-state index contributed by atoms with van der Waals surface area (Å²) in [5.41, 5.74) is 0.796. The number of halogens is 1. The molecule has 0 radical (unpaired) electrons. The third kappa shape index (κ3) is 2.71. The molecule has 3 nitrogen and oxygen atoms in total. The number of hydrogen-bond acceptors (Lipinski definition) is 3. The van der Waals surface area contributed by atoms with E-state index in [-0.39, 0.29) is 5.47 Å². The van der Waals surface area contributed by atoms with Crippen LogP contribution < -0.4 is 0 Å². The molecule has 0 bridgehead atoms. The summed E-state index contributed by atoms with van der Waals surface area (Å²) in [6.07, 6.45) is 1.12. The first-order valence-electron chi connectivity index (χ1n) is 3.87. The molecular weight excluding hydrogens is 245 g/mol. The summed E-state index contributed by atoms with van der Waals surface area (Å²) in [5, 5.41) is 26.5. The molecule has 0 saturated heterocycles. The first kappa shape index (κ1) is 11.0. The Kier molecular flexibility index (Phi) is 3.90. The van der Waals surface area contributed by atoms with Gasteiger partial charge in [-0.1, -0.05) is 28.1 Å². The van der Waals surface area contributed by atoms with Crippen molar-refractivity contribution in [3.8, 4) is 6.07 Å². The van der Waals surface area contributed by atoms with Crippen molar-refractivity contribution in [2.24, 2.45) is 0 Å². The van der Waals surface area contributed by atoms with E-state index < -0.39 is 7.12 Å². The highest BCUT2D eigenvalue weighted by Crippen LogP contribution is 2.19. The molecule has 0 aliphatic rings. The van der Waals surface area contributed by atoms with Crippen LogP contribution in [0, 0.1) is 11.3 Å². The number of nitrogens with zero attached hydrogens (tertiary/aromatic N) is 1. The fraction of sp³-hybridized carbons (Fsp3) is 0. The minimum absolute atomic E-state index is 0.189. The fourth-order valence-corrected chi connectivity index (χ4v) is 1.44. The smallest absolute Gasteiger partial charge is 0.423 e. The molecule has 0 saturated carbocycles. The standard InChI is InChI=1S/C9H7BBrNO2/c11-8-3-1-2-7(6-8)9(4-5-12)10(13)14/h1-4,6,13-14H. The average Bonchev–Trinajstić information content (AvgIpc) is 2.13. The number of rotatable bonds is 2. The maximum absolute atomic E-state index is 9.01. The van der Waals surface area contributed by atoms with E-state index in [2.05, 4.69) is 15.9 Å². The van der Waals surface area contributed by atoms with Gasteiger partial charge in [-0.15, -0.1) is 0 Å². The molecule has 0 aliphatic heterocycles. The Morgan fingerprint density at radius 1 is 1.50 bits per heavy atom. The van der Waals surface area contributed by atoms with E-state index in [4.69, 9.17) is 15.3 Å². The number of allylic oxidation sites excluding steroid dienone is 1. The zero-order chi connectivity index (χ0) is 10.6. The number of benzene rings is 1. The second-order valence-corrected chi connectivity index (χ2v) is 3.53. The van der Waals surface area contributed by atoms with E-state index in [1.165, 1.54) is 0 Å². The van der Waals surface area contributed by atoms with E-state index in [1.807, 2.05) is 6.07 Å². The van der Waals surface area contributed by atoms with E-state index in [9.17, 15) is 0 Å². The molecule has 0 amide bonds. The first-order valence-corrected chi connectivity index (χ1v) is 4.66.